The summed E-state index contributed by atoms with van der Waals surface area (Å²) in [5, 5.41) is 0. The minimum atomic E-state index is -0.407. The lowest BCUT2D eigenvalue weighted by atomic mass is 9.80. The molecular formula is C16H20O4. The third-order valence-electron chi connectivity index (χ3n) is 4.08. The first-order chi connectivity index (χ1) is 9.51. The quantitative estimate of drug-likeness (QED) is 0.791. The zero-order valence-electron chi connectivity index (χ0n) is 12.1. The summed E-state index contributed by atoms with van der Waals surface area (Å²) in [5.74, 6) is 1.49. The summed E-state index contributed by atoms with van der Waals surface area (Å²) in [4.78, 5) is 12.5. The van der Waals surface area contributed by atoms with Crippen molar-refractivity contribution in [1.82, 2.24) is 0 Å². The van der Waals surface area contributed by atoms with E-state index in [4.69, 9.17) is 14.2 Å². The lowest BCUT2D eigenvalue weighted by molar-refractivity contribution is -0.120. The van der Waals surface area contributed by atoms with Crippen LogP contribution in [-0.2, 0) is 4.74 Å². The standard InChI is InChI=1S/C16H20O4/c1-10-7-16(8-11(2)19-10)9-14(17)13-6-12(18-3)4-5-15(13)20-16/h4-6,10-11H,7-9H2,1-3H3. The van der Waals surface area contributed by atoms with Gasteiger partial charge in [0.2, 0.25) is 0 Å². The van der Waals surface area contributed by atoms with Crippen molar-refractivity contribution in [2.45, 2.75) is 50.9 Å². The Morgan fingerprint density at radius 1 is 1.25 bits per heavy atom. The number of rotatable bonds is 1. The number of carbonyl (C=O) groups is 1. The van der Waals surface area contributed by atoms with Crippen molar-refractivity contribution in [3.05, 3.63) is 23.8 Å². The van der Waals surface area contributed by atoms with Crippen molar-refractivity contribution >= 4 is 5.78 Å². The van der Waals surface area contributed by atoms with Gasteiger partial charge >= 0.3 is 0 Å². The first kappa shape index (κ1) is 13.4. The molecule has 1 spiro atoms. The fourth-order valence-electron chi connectivity index (χ4n) is 3.45. The number of ketones is 1. The van der Waals surface area contributed by atoms with Crippen molar-refractivity contribution in [3.63, 3.8) is 0 Å². The van der Waals surface area contributed by atoms with Crippen LogP contribution < -0.4 is 9.47 Å². The summed E-state index contributed by atoms with van der Waals surface area (Å²) in [7, 11) is 1.60. The highest BCUT2D eigenvalue weighted by molar-refractivity contribution is 6.00. The molecule has 0 aromatic heterocycles. The van der Waals surface area contributed by atoms with E-state index in [0.29, 0.717) is 23.5 Å². The van der Waals surface area contributed by atoms with E-state index >= 15 is 0 Å². The molecule has 108 valence electrons. The molecule has 2 aliphatic rings. The second-order valence-electron chi connectivity index (χ2n) is 5.91. The van der Waals surface area contributed by atoms with Crippen LogP contribution in [0.2, 0.25) is 0 Å². The molecule has 2 unspecified atom stereocenters. The van der Waals surface area contributed by atoms with E-state index in [2.05, 4.69) is 0 Å². The minimum absolute atomic E-state index is 0.117. The van der Waals surface area contributed by atoms with Crippen LogP contribution in [0, 0.1) is 0 Å². The number of carbonyl (C=O) groups excluding carboxylic acids is 1. The zero-order chi connectivity index (χ0) is 14.3. The van der Waals surface area contributed by atoms with Crippen LogP contribution in [-0.4, -0.2) is 30.7 Å². The van der Waals surface area contributed by atoms with Gasteiger partial charge in [-0.15, -0.1) is 0 Å². The minimum Gasteiger partial charge on any atom is -0.497 e. The van der Waals surface area contributed by atoms with E-state index in [-0.39, 0.29) is 18.0 Å². The van der Waals surface area contributed by atoms with Gasteiger partial charge in [0.05, 0.1) is 31.3 Å². The van der Waals surface area contributed by atoms with E-state index in [0.717, 1.165) is 12.8 Å². The van der Waals surface area contributed by atoms with E-state index in [1.165, 1.54) is 0 Å². The molecule has 0 radical (unpaired) electrons. The van der Waals surface area contributed by atoms with Crippen LogP contribution in [0.15, 0.2) is 18.2 Å². The van der Waals surface area contributed by atoms with Crippen LogP contribution in [0.4, 0.5) is 0 Å². The summed E-state index contributed by atoms with van der Waals surface area (Å²) >= 11 is 0. The molecule has 0 amide bonds. The first-order valence-corrected chi connectivity index (χ1v) is 7.07. The molecule has 1 saturated heterocycles. The number of Topliss-reactive ketones (excluding diaryl/α,β-unsaturated/α-hetero) is 1. The fraction of sp³-hybridized carbons (Fsp3) is 0.562. The molecule has 0 N–H and O–H groups in total. The van der Waals surface area contributed by atoms with Gasteiger partial charge in [0.15, 0.2) is 5.78 Å². The van der Waals surface area contributed by atoms with Crippen LogP contribution in [0.1, 0.15) is 43.5 Å². The van der Waals surface area contributed by atoms with Gasteiger partial charge in [0.1, 0.15) is 17.1 Å². The molecule has 2 atom stereocenters. The van der Waals surface area contributed by atoms with Gasteiger partial charge in [-0.2, -0.15) is 0 Å². The van der Waals surface area contributed by atoms with Gasteiger partial charge in [-0.3, -0.25) is 4.79 Å². The number of benzene rings is 1. The summed E-state index contributed by atoms with van der Waals surface area (Å²) in [6.45, 7) is 4.07. The van der Waals surface area contributed by atoms with E-state index in [1.807, 2.05) is 26.0 Å². The van der Waals surface area contributed by atoms with Crippen LogP contribution in [0.25, 0.3) is 0 Å². The average Bonchev–Trinajstić information content (AvgIpc) is 2.36. The predicted octanol–water partition coefficient (Wildman–Crippen LogP) is 2.99. The van der Waals surface area contributed by atoms with Crippen molar-refractivity contribution in [3.8, 4) is 11.5 Å². The first-order valence-electron chi connectivity index (χ1n) is 7.07. The third kappa shape index (κ3) is 2.29. The molecule has 3 rings (SSSR count). The van der Waals surface area contributed by atoms with Crippen LogP contribution in [0.3, 0.4) is 0 Å². The summed E-state index contributed by atoms with van der Waals surface area (Å²) in [6, 6.07) is 5.42. The molecule has 2 aliphatic heterocycles. The Balaban J connectivity index is 1.94. The maximum atomic E-state index is 12.5. The van der Waals surface area contributed by atoms with Crippen molar-refractivity contribution in [2.24, 2.45) is 0 Å². The Labute approximate surface area is 119 Å². The molecule has 2 heterocycles. The zero-order valence-corrected chi connectivity index (χ0v) is 12.1. The van der Waals surface area contributed by atoms with Gasteiger partial charge in [0, 0.05) is 12.8 Å². The van der Waals surface area contributed by atoms with Gasteiger partial charge in [-0.25, -0.2) is 0 Å². The molecule has 0 saturated carbocycles. The lowest BCUT2D eigenvalue weighted by Crippen LogP contribution is -2.50. The number of hydrogen-bond acceptors (Lipinski definition) is 4. The number of fused-ring (bicyclic) bond motifs is 1. The highest BCUT2D eigenvalue weighted by atomic mass is 16.5. The molecule has 0 bridgehead atoms. The maximum Gasteiger partial charge on any atom is 0.170 e. The molecule has 1 fully saturated rings. The second-order valence-corrected chi connectivity index (χ2v) is 5.91. The highest BCUT2D eigenvalue weighted by Crippen LogP contribution is 2.42. The largest absolute Gasteiger partial charge is 0.497 e. The Morgan fingerprint density at radius 2 is 1.95 bits per heavy atom. The summed E-state index contributed by atoms with van der Waals surface area (Å²) < 4.78 is 17.1. The predicted molar refractivity (Wildman–Crippen MR) is 74.5 cm³/mol. The lowest BCUT2D eigenvalue weighted by Gasteiger charge is -2.45. The summed E-state index contributed by atoms with van der Waals surface area (Å²) in [5.41, 5.74) is 0.220. The fourth-order valence-corrected chi connectivity index (χ4v) is 3.45. The number of methoxy groups -OCH3 is 1. The molecule has 4 nitrogen and oxygen atoms in total. The van der Waals surface area contributed by atoms with Gasteiger partial charge in [-0.1, -0.05) is 0 Å². The molecule has 0 aliphatic carbocycles. The van der Waals surface area contributed by atoms with Crippen LogP contribution in [0.5, 0.6) is 11.5 Å². The van der Waals surface area contributed by atoms with E-state index < -0.39 is 5.60 Å². The second kappa shape index (κ2) is 4.77. The third-order valence-corrected chi connectivity index (χ3v) is 4.08. The van der Waals surface area contributed by atoms with Gasteiger partial charge < -0.3 is 14.2 Å². The maximum absolute atomic E-state index is 12.5. The van der Waals surface area contributed by atoms with Gasteiger partial charge in [-0.05, 0) is 32.0 Å². The van der Waals surface area contributed by atoms with Crippen molar-refractivity contribution in [1.29, 1.82) is 0 Å². The molecule has 4 heteroatoms. The SMILES string of the molecule is COc1ccc2c(c1)C(=O)CC1(CC(C)OC(C)C1)O2. The topological polar surface area (TPSA) is 44.8 Å². The molecule has 1 aromatic carbocycles. The Hall–Kier alpha value is -1.55. The van der Waals surface area contributed by atoms with E-state index in [1.54, 1.807) is 13.2 Å². The van der Waals surface area contributed by atoms with E-state index in [9.17, 15) is 4.79 Å². The average molecular weight is 276 g/mol. The molecular weight excluding hydrogens is 256 g/mol. The number of hydrogen-bond donors (Lipinski definition) is 0. The van der Waals surface area contributed by atoms with Crippen molar-refractivity contribution < 1.29 is 19.0 Å². The normalized spacial score (nSPS) is 32.6. The monoisotopic (exact) mass is 276 g/mol. The summed E-state index contributed by atoms with van der Waals surface area (Å²) in [6.07, 6.45) is 2.17. The van der Waals surface area contributed by atoms with Crippen LogP contribution >= 0.6 is 0 Å². The van der Waals surface area contributed by atoms with Gasteiger partial charge in [0.25, 0.3) is 0 Å². The number of ether oxygens (including phenoxy) is 3. The highest BCUT2D eigenvalue weighted by Gasteiger charge is 2.45. The Morgan fingerprint density at radius 3 is 2.60 bits per heavy atom. The molecule has 20 heavy (non-hydrogen) atoms. The Kier molecular flexibility index (Phi) is 3.21. The molecule has 1 aromatic rings. The van der Waals surface area contributed by atoms with Crippen molar-refractivity contribution in [2.75, 3.05) is 7.11 Å². The Bertz CT molecular complexity index is 527. The smallest absolute Gasteiger partial charge is 0.170 e.